The van der Waals surface area contributed by atoms with Gasteiger partial charge in [-0.15, -0.1) is 11.3 Å². The topological polar surface area (TPSA) is 25.2 Å². The number of fused-ring (bicyclic) bond motifs is 1. The largest absolute Gasteiger partial charge is 0.245 e. The number of hydrogen-bond donors (Lipinski definition) is 0. The minimum Gasteiger partial charge on any atom is -0.245 e. The summed E-state index contributed by atoms with van der Waals surface area (Å²) in [5.74, 6) is 0. The van der Waals surface area contributed by atoms with Gasteiger partial charge in [0.1, 0.15) is 0 Å². The first-order chi connectivity index (χ1) is 5.92. The molecule has 0 bridgehead atoms. The Hall–Kier alpha value is -1.09. The van der Waals surface area contributed by atoms with Gasteiger partial charge < -0.3 is 0 Å². The fraction of sp³-hybridized carbons (Fsp3) is 0. The molecule has 1 aromatic carbocycles. The van der Waals surface area contributed by atoms with Crippen molar-refractivity contribution in [3.63, 3.8) is 0 Å². The molecule has 2 aromatic rings. The number of thiazole rings is 1. The molecule has 0 saturated carbocycles. The molecule has 0 saturated heterocycles. The molecular formula is C8H4N2S2. The van der Waals surface area contributed by atoms with Crippen LogP contribution in [0.3, 0.4) is 0 Å². The molecule has 0 amide bonds. The van der Waals surface area contributed by atoms with Crippen molar-refractivity contribution in [1.29, 1.82) is 0 Å². The monoisotopic (exact) mass is 192 g/mol. The first-order valence-corrected chi connectivity index (χ1v) is 4.60. The van der Waals surface area contributed by atoms with E-state index in [0.717, 1.165) is 15.9 Å². The quantitative estimate of drug-likeness (QED) is 0.512. The average Bonchev–Trinajstić information content (AvgIpc) is 2.53. The zero-order valence-electron chi connectivity index (χ0n) is 6.02. The zero-order valence-corrected chi connectivity index (χ0v) is 7.65. The van der Waals surface area contributed by atoms with Crippen molar-refractivity contribution in [2.24, 2.45) is 4.99 Å². The molecule has 12 heavy (non-hydrogen) atoms. The van der Waals surface area contributed by atoms with Crippen LogP contribution >= 0.6 is 23.6 Å². The summed E-state index contributed by atoms with van der Waals surface area (Å²) in [5, 5.41) is 2.35. The lowest BCUT2D eigenvalue weighted by molar-refractivity contribution is 1.49. The third-order valence-electron chi connectivity index (χ3n) is 1.50. The van der Waals surface area contributed by atoms with Gasteiger partial charge in [-0.25, -0.2) is 4.98 Å². The third kappa shape index (κ3) is 1.16. The van der Waals surface area contributed by atoms with E-state index in [4.69, 9.17) is 0 Å². The molecule has 0 unspecified atom stereocenters. The maximum absolute atomic E-state index is 4.54. The van der Waals surface area contributed by atoms with Crippen LogP contribution in [-0.2, 0) is 0 Å². The van der Waals surface area contributed by atoms with Gasteiger partial charge in [-0.3, -0.25) is 0 Å². The molecule has 2 nitrogen and oxygen atoms in total. The number of hydrogen-bond acceptors (Lipinski definition) is 4. The molecule has 0 aliphatic heterocycles. The van der Waals surface area contributed by atoms with Crippen LogP contribution < -0.4 is 0 Å². The van der Waals surface area contributed by atoms with E-state index in [2.05, 4.69) is 27.4 Å². The summed E-state index contributed by atoms with van der Waals surface area (Å²) < 4.78 is 1.06. The fourth-order valence-electron chi connectivity index (χ4n) is 1.01. The Morgan fingerprint density at radius 2 is 2.42 bits per heavy atom. The van der Waals surface area contributed by atoms with Gasteiger partial charge in [0, 0.05) is 0 Å². The molecule has 0 atom stereocenters. The lowest BCUT2D eigenvalue weighted by Crippen LogP contribution is -1.66. The van der Waals surface area contributed by atoms with E-state index in [1.165, 1.54) is 0 Å². The second kappa shape index (κ2) is 3.11. The highest BCUT2D eigenvalue weighted by molar-refractivity contribution is 7.78. The first kappa shape index (κ1) is 7.55. The highest BCUT2D eigenvalue weighted by Gasteiger charge is 1.99. The zero-order chi connectivity index (χ0) is 8.39. The highest BCUT2D eigenvalue weighted by Crippen LogP contribution is 2.28. The second-order valence-electron chi connectivity index (χ2n) is 2.18. The first-order valence-electron chi connectivity index (χ1n) is 3.32. The number of isothiocyanates is 1. The summed E-state index contributed by atoms with van der Waals surface area (Å²) in [6.45, 7) is 0. The van der Waals surface area contributed by atoms with Crippen LogP contribution in [0.25, 0.3) is 10.2 Å². The molecule has 0 fully saturated rings. The smallest absolute Gasteiger partial charge is 0.0934 e. The number of rotatable bonds is 1. The van der Waals surface area contributed by atoms with E-state index in [-0.39, 0.29) is 0 Å². The van der Waals surface area contributed by atoms with E-state index in [1.807, 2.05) is 18.2 Å². The second-order valence-corrected chi connectivity index (χ2v) is 3.22. The van der Waals surface area contributed by atoms with Crippen molar-refractivity contribution < 1.29 is 0 Å². The molecule has 0 aliphatic carbocycles. The minimum atomic E-state index is 0.852. The Morgan fingerprint density at radius 3 is 3.25 bits per heavy atom. The van der Waals surface area contributed by atoms with E-state index in [0.29, 0.717) is 0 Å². The normalized spacial score (nSPS) is 9.67. The molecule has 0 spiro atoms. The third-order valence-corrected chi connectivity index (χ3v) is 2.46. The SMILES string of the molecule is S=C=Nc1cccc2ncsc12. The number of aromatic nitrogens is 1. The molecule has 1 heterocycles. The van der Waals surface area contributed by atoms with Crippen molar-refractivity contribution in [1.82, 2.24) is 4.98 Å². The van der Waals surface area contributed by atoms with E-state index in [9.17, 15) is 0 Å². The van der Waals surface area contributed by atoms with Crippen LogP contribution in [0.2, 0.25) is 0 Å². The van der Waals surface area contributed by atoms with Crippen molar-refractivity contribution in [3.8, 4) is 0 Å². The van der Waals surface area contributed by atoms with Gasteiger partial charge in [0.25, 0.3) is 0 Å². The Bertz CT molecular complexity index is 455. The minimum absolute atomic E-state index is 0.852. The van der Waals surface area contributed by atoms with Gasteiger partial charge in [-0.05, 0) is 24.4 Å². The summed E-state index contributed by atoms with van der Waals surface area (Å²) in [6, 6.07) is 5.77. The fourth-order valence-corrected chi connectivity index (χ4v) is 1.85. The summed E-state index contributed by atoms with van der Waals surface area (Å²) in [5.41, 5.74) is 3.61. The number of thiocarbonyl (C=S) groups is 1. The van der Waals surface area contributed by atoms with Crippen molar-refractivity contribution >= 4 is 44.6 Å². The Labute approximate surface area is 78.6 Å². The van der Waals surface area contributed by atoms with Crippen LogP contribution in [-0.4, -0.2) is 10.1 Å². The Balaban J connectivity index is 2.81. The van der Waals surface area contributed by atoms with Gasteiger partial charge >= 0.3 is 0 Å². The lowest BCUT2D eigenvalue weighted by Gasteiger charge is -1.90. The van der Waals surface area contributed by atoms with E-state index in [1.54, 1.807) is 16.8 Å². The highest BCUT2D eigenvalue weighted by atomic mass is 32.1. The van der Waals surface area contributed by atoms with Crippen molar-refractivity contribution in [2.45, 2.75) is 0 Å². The maximum Gasteiger partial charge on any atom is 0.0934 e. The van der Waals surface area contributed by atoms with Crippen LogP contribution in [0.15, 0.2) is 28.7 Å². The molecule has 0 radical (unpaired) electrons. The summed E-state index contributed by atoms with van der Waals surface area (Å²) in [6.07, 6.45) is 0. The molecule has 0 N–H and O–H groups in total. The summed E-state index contributed by atoms with van der Waals surface area (Å²) in [7, 11) is 0. The molecule has 2 rings (SSSR count). The number of benzene rings is 1. The Kier molecular flexibility index (Phi) is 1.96. The van der Waals surface area contributed by atoms with Crippen LogP contribution in [0.1, 0.15) is 0 Å². The van der Waals surface area contributed by atoms with Gasteiger partial charge in [0.2, 0.25) is 0 Å². The van der Waals surface area contributed by atoms with Gasteiger partial charge in [0.15, 0.2) is 0 Å². The lowest BCUT2D eigenvalue weighted by atomic mass is 10.3. The van der Waals surface area contributed by atoms with Crippen molar-refractivity contribution in [2.75, 3.05) is 0 Å². The summed E-state index contributed by atoms with van der Waals surface area (Å²) >= 11 is 6.10. The molecule has 58 valence electrons. The number of aliphatic imine (C=N–C) groups is 1. The van der Waals surface area contributed by atoms with Crippen LogP contribution in [0.4, 0.5) is 5.69 Å². The number of nitrogens with zero attached hydrogens (tertiary/aromatic N) is 2. The van der Waals surface area contributed by atoms with Crippen LogP contribution in [0.5, 0.6) is 0 Å². The molecular weight excluding hydrogens is 188 g/mol. The average molecular weight is 192 g/mol. The van der Waals surface area contributed by atoms with E-state index < -0.39 is 0 Å². The maximum atomic E-state index is 4.54. The molecule has 4 heteroatoms. The predicted octanol–water partition coefficient (Wildman–Crippen LogP) is 3.03. The summed E-state index contributed by atoms with van der Waals surface area (Å²) in [4.78, 5) is 8.10. The molecule has 1 aromatic heterocycles. The van der Waals surface area contributed by atoms with E-state index >= 15 is 0 Å². The Morgan fingerprint density at radius 1 is 1.50 bits per heavy atom. The standard InChI is InChI=1S/C8H4N2S2/c11-4-9-6-2-1-3-7-8(6)12-5-10-7/h1-3,5H. The predicted molar refractivity (Wildman–Crippen MR) is 54.3 cm³/mol. The van der Waals surface area contributed by atoms with Gasteiger partial charge in [0.05, 0.1) is 26.6 Å². The van der Waals surface area contributed by atoms with Crippen LogP contribution in [0, 0.1) is 0 Å². The van der Waals surface area contributed by atoms with Gasteiger partial charge in [-0.1, -0.05) is 6.07 Å². The molecule has 0 aliphatic rings. The van der Waals surface area contributed by atoms with Gasteiger partial charge in [-0.2, -0.15) is 4.99 Å². The van der Waals surface area contributed by atoms with Crippen molar-refractivity contribution in [3.05, 3.63) is 23.7 Å².